The number of carboxylic acid groups (broad SMARTS) is 1. The third-order valence-electron chi connectivity index (χ3n) is 2.72. The van der Waals surface area contributed by atoms with Crippen LogP contribution in [0.3, 0.4) is 0 Å². The molecule has 0 aliphatic carbocycles. The molecule has 1 atom stereocenters. The molecule has 110 valence electrons. The Morgan fingerprint density at radius 3 is 2.65 bits per heavy atom. The van der Waals surface area contributed by atoms with Gasteiger partial charge in [-0.2, -0.15) is 0 Å². The number of aliphatic carboxylic acids is 1. The number of methoxy groups -OCH3 is 1. The summed E-state index contributed by atoms with van der Waals surface area (Å²) in [6.45, 7) is 3.34. The van der Waals surface area contributed by atoms with Crippen molar-refractivity contribution in [2.24, 2.45) is 0 Å². The van der Waals surface area contributed by atoms with Gasteiger partial charge in [-0.15, -0.1) is 0 Å². The van der Waals surface area contributed by atoms with Gasteiger partial charge in [0.15, 0.2) is 0 Å². The highest BCUT2D eigenvalue weighted by molar-refractivity contribution is 5.90. The lowest BCUT2D eigenvalue weighted by atomic mass is 10.1. The average Bonchev–Trinajstić information content (AvgIpc) is 2.37. The standard InChI is InChI=1S/C14H20N2O4/c1-9(4-7-14(18)19)15-11-5-6-12(16-10(2)17)13(8-11)20-3/h5-6,8-9,15H,4,7H2,1-3H3,(H,16,17)(H,18,19). The number of carbonyl (C=O) groups is 2. The van der Waals surface area contributed by atoms with Crippen molar-refractivity contribution in [3.05, 3.63) is 18.2 Å². The lowest BCUT2D eigenvalue weighted by Gasteiger charge is -2.16. The SMILES string of the molecule is COc1cc(NC(C)CCC(=O)O)ccc1NC(C)=O. The molecule has 0 aliphatic heterocycles. The zero-order valence-corrected chi connectivity index (χ0v) is 11.9. The number of hydrogen-bond donors (Lipinski definition) is 3. The summed E-state index contributed by atoms with van der Waals surface area (Å²) < 4.78 is 5.22. The maximum atomic E-state index is 11.1. The van der Waals surface area contributed by atoms with E-state index in [2.05, 4.69) is 10.6 Å². The molecule has 0 fully saturated rings. The van der Waals surface area contributed by atoms with Crippen LogP contribution in [0, 0.1) is 0 Å². The van der Waals surface area contributed by atoms with E-state index < -0.39 is 5.97 Å². The van der Waals surface area contributed by atoms with Crippen LogP contribution in [0.4, 0.5) is 11.4 Å². The second-order valence-electron chi connectivity index (χ2n) is 4.57. The van der Waals surface area contributed by atoms with E-state index >= 15 is 0 Å². The molecule has 0 spiro atoms. The van der Waals surface area contributed by atoms with Gasteiger partial charge in [0, 0.05) is 31.1 Å². The van der Waals surface area contributed by atoms with Crippen LogP contribution in [-0.2, 0) is 9.59 Å². The Hall–Kier alpha value is -2.24. The van der Waals surface area contributed by atoms with Gasteiger partial charge < -0.3 is 20.5 Å². The van der Waals surface area contributed by atoms with Crippen molar-refractivity contribution < 1.29 is 19.4 Å². The number of amides is 1. The third-order valence-corrected chi connectivity index (χ3v) is 2.72. The van der Waals surface area contributed by atoms with Gasteiger partial charge in [-0.25, -0.2) is 0 Å². The third kappa shape index (κ3) is 5.17. The van der Waals surface area contributed by atoms with Crippen molar-refractivity contribution in [3.8, 4) is 5.75 Å². The van der Waals surface area contributed by atoms with Gasteiger partial charge in [-0.05, 0) is 25.5 Å². The van der Waals surface area contributed by atoms with Crippen LogP contribution in [0.15, 0.2) is 18.2 Å². The second kappa shape index (κ2) is 7.37. The highest BCUT2D eigenvalue weighted by Gasteiger charge is 2.09. The monoisotopic (exact) mass is 280 g/mol. The van der Waals surface area contributed by atoms with E-state index in [1.54, 1.807) is 12.1 Å². The number of rotatable bonds is 7. The van der Waals surface area contributed by atoms with Crippen molar-refractivity contribution in [1.82, 2.24) is 0 Å². The fraction of sp³-hybridized carbons (Fsp3) is 0.429. The van der Waals surface area contributed by atoms with Gasteiger partial charge in [0.05, 0.1) is 12.8 Å². The van der Waals surface area contributed by atoms with E-state index in [9.17, 15) is 9.59 Å². The van der Waals surface area contributed by atoms with E-state index in [1.807, 2.05) is 13.0 Å². The summed E-state index contributed by atoms with van der Waals surface area (Å²) in [5.74, 6) is -0.424. The van der Waals surface area contributed by atoms with Crippen molar-refractivity contribution >= 4 is 23.3 Å². The van der Waals surface area contributed by atoms with E-state index in [0.29, 0.717) is 17.9 Å². The molecule has 6 nitrogen and oxygen atoms in total. The quantitative estimate of drug-likeness (QED) is 0.713. The smallest absolute Gasteiger partial charge is 0.303 e. The fourth-order valence-corrected chi connectivity index (χ4v) is 1.77. The molecule has 1 amide bonds. The molecule has 6 heteroatoms. The average molecular weight is 280 g/mol. The zero-order chi connectivity index (χ0) is 15.1. The first-order chi connectivity index (χ1) is 9.42. The largest absolute Gasteiger partial charge is 0.494 e. The number of ether oxygens (including phenoxy) is 1. The van der Waals surface area contributed by atoms with Gasteiger partial charge >= 0.3 is 5.97 Å². The lowest BCUT2D eigenvalue weighted by molar-refractivity contribution is -0.137. The van der Waals surface area contributed by atoms with Gasteiger partial charge in [0.25, 0.3) is 0 Å². The van der Waals surface area contributed by atoms with Crippen LogP contribution >= 0.6 is 0 Å². The molecular weight excluding hydrogens is 260 g/mol. The van der Waals surface area contributed by atoms with Gasteiger partial charge in [0.1, 0.15) is 5.75 Å². The van der Waals surface area contributed by atoms with Crippen LogP contribution in [0.1, 0.15) is 26.7 Å². The number of nitrogens with one attached hydrogen (secondary N) is 2. The van der Waals surface area contributed by atoms with Crippen LogP contribution in [0.25, 0.3) is 0 Å². The number of carboxylic acids is 1. The minimum atomic E-state index is -0.808. The minimum Gasteiger partial charge on any atom is -0.494 e. The van der Waals surface area contributed by atoms with Crippen molar-refractivity contribution in [3.63, 3.8) is 0 Å². The molecule has 0 saturated heterocycles. The molecule has 20 heavy (non-hydrogen) atoms. The Balaban J connectivity index is 2.72. The van der Waals surface area contributed by atoms with E-state index in [1.165, 1.54) is 14.0 Å². The molecule has 0 aliphatic rings. The lowest BCUT2D eigenvalue weighted by Crippen LogP contribution is -2.16. The molecule has 3 N–H and O–H groups in total. The summed E-state index contributed by atoms with van der Waals surface area (Å²) in [6.07, 6.45) is 0.653. The summed E-state index contributed by atoms with van der Waals surface area (Å²) in [7, 11) is 1.53. The predicted octanol–water partition coefficient (Wildman–Crippen LogP) is 2.32. The summed E-state index contributed by atoms with van der Waals surface area (Å²) in [5, 5.41) is 14.5. The molecular formula is C14H20N2O4. The van der Waals surface area contributed by atoms with Crippen LogP contribution in [0.2, 0.25) is 0 Å². The first-order valence-electron chi connectivity index (χ1n) is 6.36. The molecule has 1 aromatic carbocycles. The van der Waals surface area contributed by atoms with Gasteiger partial charge in [-0.1, -0.05) is 0 Å². The molecule has 1 aromatic rings. The van der Waals surface area contributed by atoms with Gasteiger partial charge in [-0.3, -0.25) is 9.59 Å². The molecule has 0 heterocycles. The number of anilines is 2. The fourth-order valence-electron chi connectivity index (χ4n) is 1.77. The summed E-state index contributed by atoms with van der Waals surface area (Å²) in [4.78, 5) is 21.6. The summed E-state index contributed by atoms with van der Waals surface area (Å²) in [6, 6.07) is 5.35. The molecule has 0 bridgehead atoms. The van der Waals surface area contributed by atoms with Crippen molar-refractivity contribution in [2.45, 2.75) is 32.7 Å². The number of hydrogen-bond acceptors (Lipinski definition) is 4. The molecule has 0 saturated carbocycles. The topological polar surface area (TPSA) is 87.7 Å². The molecule has 1 unspecified atom stereocenters. The van der Waals surface area contributed by atoms with Gasteiger partial charge in [0.2, 0.25) is 5.91 Å². The Labute approximate surface area is 118 Å². The Morgan fingerprint density at radius 1 is 1.40 bits per heavy atom. The van der Waals surface area contributed by atoms with E-state index in [0.717, 1.165) is 5.69 Å². The van der Waals surface area contributed by atoms with Crippen LogP contribution < -0.4 is 15.4 Å². The minimum absolute atomic E-state index is 0.0300. The summed E-state index contributed by atoms with van der Waals surface area (Å²) >= 11 is 0. The Morgan fingerprint density at radius 2 is 2.10 bits per heavy atom. The molecule has 0 aromatic heterocycles. The van der Waals surface area contributed by atoms with Crippen LogP contribution in [0.5, 0.6) is 5.75 Å². The number of benzene rings is 1. The van der Waals surface area contributed by atoms with E-state index in [-0.39, 0.29) is 18.4 Å². The van der Waals surface area contributed by atoms with Crippen molar-refractivity contribution in [1.29, 1.82) is 0 Å². The second-order valence-corrected chi connectivity index (χ2v) is 4.57. The van der Waals surface area contributed by atoms with Crippen LogP contribution in [-0.4, -0.2) is 30.1 Å². The van der Waals surface area contributed by atoms with E-state index in [4.69, 9.17) is 9.84 Å². The predicted molar refractivity (Wildman–Crippen MR) is 77.3 cm³/mol. The highest BCUT2D eigenvalue weighted by atomic mass is 16.5. The van der Waals surface area contributed by atoms with Crippen molar-refractivity contribution in [2.75, 3.05) is 17.7 Å². The first-order valence-corrected chi connectivity index (χ1v) is 6.36. The summed E-state index contributed by atoms with van der Waals surface area (Å²) in [5.41, 5.74) is 1.41. The maximum absolute atomic E-state index is 11.1. The Bertz CT molecular complexity index is 488. The normalized spacial score (nSPS) is 11.6. The molecule has 0 radical (unpaired) electrons. The number of carbonyl (C=O) groups excluding carboxylic acids is 1. The Kier molecular flexibility index (Phi) is 5.83. The maximum Gasteiger partial charge on any atom is 0.303 e. The first kappa shape index (κ1) is 15.8. The zero-order valence-electron chi connectivity index (χ0n) is 11.9. The highest BCUT2D eigenvalue weighted by Crippen LogP contribution is 2.28. The molecule has 1 rings (SSSR count).